The highest BCUT2D eigenvalue weighted by Gasteiger charge is 2.23. The van der Waals surface area contributed by atoms with Gasteiger partial charge in [-0.1, -0.05) is 18.2 Å². The first-order chi connectivity index (χ1) is 7.15. The van der Waals surface area contributed by atoms with Gasteiger partial charge in [-0.15, -0.1) is 0 Å². The fraction of sp³-hybridized carbons (Fsp3) is 0.273. The maximum Gasteiger partial charge on any atom is 0.336 e. The van der Waals surface area contributed by atoms with Crippen molar-refractivity contribution in [2.75, 3.05) is 12.4 Å². The van der Waals surface area contributed by atoms with Gasteiger partial charge in [0.2, 0.25) is 0 Å². The predicted octanol–water partition coefficient (Wildman–Crippen LogP) is 1.23. The Bertz CT molecular complexity index is 348. The molecule has 0 aliphatic carbocycles. The molecule has 0 fully saturated rings. The Labute approximate surface area is 88.2 Å². The second-order valence-electron chi connectivity index (χ2n) is 3.08. The van der Waals surface area contributed by atoms with E-state index >= 15 is 0 Å². The molecule has 0 aromatic heterocycles. The fourth-order valence-electron chi connectivity index (χ4n) is 1.15. The van der Waals surface area contributed by atoms with Gasteiger partial charge in [0.15, 0.2) is 11.8 Å². The van der Waals surface area contributed by atoms with Crippen molar-refractivity contribution in [3.8, 4) is 0 Å². The Kier molecular flexibility index (Phi) is 3.85. The molecule has 4 nitrogen and oxygen atoms in total. The molecule has 0 heterocycles. The molecule has 0 saturated heterocycles. The van der Waals surface area contributed by atoms with E-state index in [0.717, 1.165) is 0 Å². The number of ketones is 1. The number of Topliss-reactive ketones (excluding diaryl/α,β-unsaturated/α-hetero) is 1. The average Bonchev–Trinajstić information content (AvgIpc) is 2.26. The van der Waals surface area contributed by atoms with Crippen LogP contribution in [0.15, 0.2) is 30.3 Å². The van der Waals surface area contributed by atoms with Crippen molar-refractivity contribution >= 4 is 17.4 Å². The zero-order valence-corrected chi connectivity index (χ0v) is 8.69. The van der Waals surface area contributed by atoms with Crippen molar-refractivity contribution in [1.82, 2.24) is 0 Å². The summed E-state index contributed by atoms with van der Waals surface area (Å²) in [6.07, 6.45) is 0. The van der Waals surface area contributed by atoms with Gasteiger partial charge in [0.05, 0.1) is 7.11 Å². The van der Waals surface area contributed by atoms with Crippen LogP contribution in [0.25, 0.3) is 0 Å². The number of esters is 1. The van der Waals surface area contributed by atoms with E-state index in [0.29, 0.717) is 5.69 Å². The van der Waals surface area contributed by atoms with E-state index in [9.17, 15) is 9.59 Å². The minimum atomic E-state index is -0.933. The van der Waals surface area contributed by atoms with Crippen LogP contribution in [0.5, 0.6) is 0 Å². The molecule has 0 spiro atoms. The number of para-hydroxylation sites is 1. The van der Waals surface area contributed by atoms with Crippen LogP contribution in [-0.2, 0) is 14.3 Å². The van der Waals surface area contributed by atoms with Crippen molar-refractivity contribution in [3.63, 3.8) is 0 Å². The SMILES string of the molecule is COC(=O)C(Nc1ccccc1)C(C)=O. The van der Waals surface area contributed by atoms with Crippen molar-refractivity contribution in [1.29, 1.82) is 0 Å². The zero-order valence-electron chi connectivity index (χ0n) is 8.69. The molecule has 15 heavy (non-hydrogen) atoms. The second kappa shape index (κ2) is 5.14. The van der Waals surface area contributed by atoms with Crippen LogP contribution in [0.4, 0.5) is 5.69 Å². The van der Waals surface area contributed by atoms with Crippen LogP contribution in [-0.4, -0.2) is 24.9 Å². The van der Waals surface area contributed by atoms with Crippen LogP contribution in [0.2, 0.25) is 0 Å². The van der Waals surface area contributed by atoms with Crippen LogP contribution in [0.3, 0.4) is 0 Å². The number of nitrogens with one attached hydrogen (secondary N) is 1. The quantitative estimate of drug-likeness (QED) is 0.596. The smallest absolute Gasteiger partial charge is 0.336 e. The van der Waals surface area contributed by atoms with Crippen LogP contribution in [0.1, 0.15) is 6.92 Å². The second-order valence-corrected chi connectivity index (χ2v) is 3.08. The Morgan fingerprint density at radius 3 is 2.33 bits per heavy atom. The van der Waals surface area contributed by atoms with Gasteiger partial charge in [-0.3, -0.25) is 4.79 Å². The molecule has 0 bridgehead atoms. The number of rotatable bonds is 4. The first-order valence-corrected chi connectivity index (χ1v) is 4.55. The minimum Gasteiger partial charge on any atom is -0.467 e. The molecule has 1 rings (SSSR count). The van der Waals surface area contributed by atoms with Gasteiger partial charge in [0, 0.05) is 5.69 Å². The molecule has 4 heteroatoms. The van der Waals surface area contributed by atoms with E-state index < -0.39 is 12.0 Å². The molecular formula is C11H13NO3. The highest BCUT2D eigenvalue weighted by atomic mass is 16.5. The van der Waals surface area contributed by atoms with E-state index in [1.807, 2.05) is 18.2 Å². The normalized spacial score (nSPS) is 11.6. The number of ether oxygens (including phenoxy) is 1. The maximum atomic E-state index is 11.3. The van der Waals surface area contributed by atoms with Crippen molar-refractivity contribution in [2.45, 2.75) is 13.0 Å². The monoisotopic (exact) mass is 207 g/mol. The first-order valence-electron chi connectivity index (χ1n) is 4.55. The van der Waals surface area contributed by atoms with Gasteiger partial charge >= 0.3 is 5.97 Å². The summed E-state index contributed by atoms with van der Waals surface area (Å²) in [4.78, 5) is 22.4. The number of carbonyl (C=O) groups excluding carboxylic acids is 2. The lowest BCUT2D eigenvalue weighted by Crippen LogP contribution is -2.36. The number of hydrogen-bond acceptors (Lipinski definition) is 4. The molecular weight excluding hydrogens is 194 g/mol. The Hall–Kier alpha value is -1.84. The molecule has 0 amide bonds. The predicted molar refractivity (Wildman–Crippen MR) is 56.5 cm³/mol. The molecule has 1 N–H and O–H groups in total. The van der Waals surface area contributed by atoms with Crippen LogP contribution >= 0.6 is 0 Å². The lowest BCUT2D eigenvalue weighted by Gasteiger charge is -2.14. The lowest BCUT2D eigenvalue weighted by atomic mass is 10.2. The van der Waals surface area contributed by atoms with Gasteiger partial charge in [0.25, 0.3) is 0 Å². The van der Waals surface area contributed by atoms with E-state index in [1.165, 1.54) is 14.0 Å². The highest BCUT2D eigenvalue weighted by Crippen LogP contribution is 2.08. The standard InChI is InChI=1S/C11H13NO3/c1-8(13)10(11(14)15-2)12-9-6-4-3-5-7-9/h3-7,10,12H,1-2H3. The van der Waals surface area contributed by atoms with Gasteiger partial charge in [-0.05, 0) is 19.1 Å². The zero-order chi connectivity index (χ0) is 11.3. The van der Waals surface area contributed by atoms with Crippen LogP contribution in [0, 0.1) is 0 Å². The molecule has 0 saturated carbocycles. The molecule has 1 aromatic rings. The maximum absolute atomic E-state index is 11.3. The van der Waals surface area contributed by atoms with E-state index in [-0.39, 0.29) is 5.78 Å². The van der Waals surface area contributed by atoms with Crippen molar-refractivity contribution in [3.05, 3.63) is 30.3 Å². The Balaban J connectivity index is 2.76. The van der Waals surface area contributed by atoms with Crippen molar-refractivity contribution in [2.24, 2.45) is 0 Å². The van der Waals surface area contributed by atoms with Gasteiger partial charge < -0.3 is 10.1 Å². The molecule has 1 unspecified atom stereocenters. The average molecular weight is 207 g/mol. The third-order valence-electron chi connectivity index (χ3n) is 1.93. The molecule has 1 aromatic carbocycles. The minimum absolute atomic E-state index is 0.272. The van der Waals surface area contributed by atoms with E-state index in [2.05, 4.69) is 10.1 Å². The first kappa shape index (κ1) is 11.2. The van der Waals surface area contributed by atoms with Gasteiger partial charge in [0.1, 0.15) is 0 Å². The summed E-state index contributed by atoms with van der Waals surface area (Å²) in [6.45, 7) is 1.34. The largest absolute Gasteiger partial charge is 0.467 e. The van der Waals surface area contributed by atoms with E-state index in [4.69, 9.17) is 0 Å². The van der Waals surface area contributed by atoms with Gasteiger partial charge in [-0.2, -0.15) is 0 Å². The summed E-state index contributed by atoms with van der Waals surface area (Å²) in [7, 11) is 1.25. The van der Waals surface area contributed by atoms with Crippen molar-refractivity contribution < 1.29 is 14.3 Å². The van der Waals surface area contributed by atoms with E-state index in [1.54, 1.807) is 12.1 Å². The Morgan fingerprint density at radius 2 is 1.87 bits per heavy atom. The molecule has 1 atom stereocenters. The number of hydrogen-bond donors (Lipinski definition) is 1. The fourth-order valence-corrected chi connectivity index (χ4v) is 1.15. The summed E-state index contributed by atoms with van der Waals surface area (Å²) in [5, 5.41) is 2.81. The summed E-state index contributed by atoms with van der Waals surface area (Å²) in [5.74, 6) is -0.850. The number of benzene rings is 1. The third-order valence-corrected chi connectivity index (χ3v) is 1.93. The summed E-state index contributed by atoms with van der Waals surface area (Å²) in [6, 6.07) is 8.11. The number of methoxy groups -OCH3 is 1. The molecule has 0 radical (unpaired) electrons. The summed E-state index contributed by atoms with van der Waals surface area (Å²) in [5.41, 5.74) is 0.711. The summed E-state index contributed by atoms with van der Waals surface area (Å²) < 4.78 is 4.52. The molecule has 0 aliphatic rings. The third kappa shape index (κ3) is 3.09. The van der Waals surface area contributed by atoms with Crippen LogP contribution < -0.4 is 5.32 Å². The number of carbonyl (C=O) groups is 2. The molecule has 80 valence electrons. The topological polar surface area (TPSA) is 55.4 Å². The lowest BCUT2D eigenvalue weighted by molar-refractivity contribution is -0.144. The van der Waals surface area contributed by atoms with Gasteiger partial charge in [-0.25, -0.2) is 4.79 Å². The highest BCUT2D eigenvalue weighted by molar-refractivity contribution is 6.04. The Morgan fingerprint density at radius 1 is 1.27 bits per heavy atom. The number of anilines is 1. The molecule has 0 aliphatic heterocycles. The summed E-state index contributed by atoms with van der Waals surface area (Å²) >= 11 is 0.